The molecule has 0 aromatic heterocycles. The number of nitrogens with one attached hydrogen (secondary N) is 1. The van der Waals surface area contributed by atoms with Crippen LogP contribution in [0.25, 0.3) is 0 Å². The molecule has 1 aromatic carbocycles. The first-order valence-corrected chi connectivity index (χ1v) is 7.02. The third-order valence-electron chi connectivity index (χ3n) is 3.09. The van der Waals surface area contributed by atoms with E-state index in [1.165, 1.54) is 12.1 Å². The monoisotopic (exact) mass is 330 g/mol. The van der Waals surface area contributed by atoms with Crippen LogP contribution in [0.2, 0.25) is 0 Å². The zero-order valence-corrected chi connectivity index (χ0v) is 13.3. The number of likely N-dealkylation sites (N-methyl/N-ethyl adjacent to an activating group) is 1. The Kier molecular flexibility index (Phi) is 5.94. The minimum Gasteiger partial charge on any atom is -0.350 e. The van der Waals surface area contributed by atoms with E-state index in [-0.39, 0.29) is 11.9 Å². The standard InChI is InChI=1S/C14H20BrFN2O/c1-9(2)13(18(3)4)8-17-14(19)10-5-6-11(15)12(16)7-10/h5-7,9,13H,8H2,1-4H3,(H,17,19). The second kappa shape index (κ2) is 7.01. The molecule has 1 unspecified atom stereocenters. The van der Waals surface area contributed by atoms with Crippen molar-refractivity contribution in [2.45, 2.75) is 19.9 Å². The van der Waals surface area contributed by atoms with Crippen LogP contribution in [0.4, 0.5) is 4.39 Å². The smallest absolute Gasteiger partial charge is 0.251 e. The molecule has 106 valence electrons. The summed E-state index contributed by atoms with van der Waals surface area (Å²) in [5.74, 6) is -0.253. The van der Waals surface area contributed by atoms with E-state index in [0.29, 0.717) is 22.5 Å². The molecule has 19 heavy (non-hydrogen) atoms. The summed E-state index contributed by atoms with van der Waals surface area (Å²) in [4.78, 5) is 14.0. The van der Waals surface area contributed by atoms with Crippen molar-refractivity contribution >= 4 is 21.8 Å². The number of benzene rings is 1. The van der Waals surface area contributed by atoms with Gasteiger partial charge < -0.3 is 10.2 Å². The Morgan fingerprint density at radius 3 is 2.53 bits per heavy atom. The van der Waals surface area contributed by atoms with Gasteiger partial charge in [0.1, 0.15) is 5.82 Å². The summed E-state index contributed by atoms with van der Waals surface area (Å²) >= 11 is 3.07. The van der Waals surface area contributed by atoms with Crippen LogP contribution in [0, 0.1) is 11.7 Å². The molecule has 0 aliphatic carbocycles. The first kappa shape index (κ1) is 16.1. The maximum atomic E-state index is 13.4. The van der Waals surface area contributed by atoms with E-state index in [4.69, 9.17) is 0 Å². The average molecular weight is 331 g/mol. The predicted molar refractivity (Wildman–Crippen MR) is 78.7 cm³/mol. The molecule has 1 N–H and O–H groups in total. The number of nitrogens with zero attached hydrogens (tertiary/aromatic N) is 1. The number of amides is 1. The highest BCUT2D eigenvalue weighted by Crippen LogP contribution is 2.16. The van der Waals surface area contributed by atoms with Gasteiger partial charge in [0.15, 0.2) is 0 Å². The van der Waals surface area contributed by atoms with Gasteiger partial charge in [0.2, 0.25) is 0 Å². The molecule has 1 aromatic rings. The third-order valence-corrected chi connectivity index (χ3v) is 3.73. The summed E-state index contributed by atoms with van der Waals surface area (Å²) in [5.41, 5.74) is 0.335. The molecule has 0 saturated heterocycles. The number of halogens is 2. The number of carbonyl (C=O) groups excluding carboxylic acids is 1. The van der Waals surface area contributed by atoms with Crippen molar-refractivity contribution in [3.63, 3.8) is 0 Å². The Labute approximate surface area is 122 Å². The summed E-state index contributed by atoms with van der Waals surface area (Å²) in [6, 6.07) is 4.63. The average Bonchev–Trinajstić information content (AvgIpc) is 2.31. The van der Waals surface area contributed by atoms with Crippen molar-refractivity contribution in [3.05, 3.63) is 34.1 Å². The van der Waals surface area contributed by atoms with Gasteiger partial charge in [0.05, 0.1) is 4.47 Å². The zero-order valence-electron chi connectivity index (χ0n) is 11.7. The van der Waals surface area contributed by atoms with Gasteiger partial charge in [0.25, 0.3) is 5.91 Å². The molecule has 0 fully saturated rings. The molecule has 0 spiro atoms. The molecule has 0 aliphatic heterocycles. The summed E-state index contributed by atoms with van der Waals surface area (Å²) in [6.07, 6.45) is 0. The van der Waals surface area contributed by atoms with E-state index >= 15 is 0 Å². The van der Waals surface area contributed by atoms with Gasteiger partial charge in [-0.2, -0.15) is 0 Å². The van der Waals surface area contributed by atoms with Gasteiger partial charge in [-0.15, -0.1) is 0 Å². The SMILES string of the molecule is CC(C)C(CNC(=O)c1ccc(Br)c(F)c1)N(C)C. The van der Waals surface area contributed by atoms with E-state index in [0.717, 1.165) is 0 Å². The van der Waals surface area contributed by atoms with E-state index in [1.54, 1.807) is 6.07 Å². The lowest BCUT2D eigenvalue weighted by atomic mass is 10.0. The van der Waals surface area contributed by atoms with Crippen molar-refractivity contribution in [2.75, 3.05) is 20.6 Å². The number of rotatable bonds is 5. The molecular weight excluding hydrogens is 311 g/mol. The third kappa shape index (κ3) is 4.58. The quantitative estimate of drug-likeness (QED) is 0.900. The fourth-order valence-corrected chi connectivity index (χ4v) is 2.20. The summed E-state index contributed by atoms with van der Waals surface area (Å²) in [5, 5.41) is 2.85. The Morgan fingerprint density at radius 2 is 2.05 bits per heavy atom. The van der Waals surface area contributed by atoms with E-state index in [9.17, 15) is 9.18 Å². The second-order valence-electron chi connectivity index (χ2n) is 5.11. The van der Waals surface area contributed by atoms with E-state index in [1.807, 2.05) is 14.1 Å². The van der Waals surface area contributed by atoms with Crippen LogP contribution >= 0.6 is 15.9 Å². The Morgan fingerprint density at radius 1 is 1.42 bits per heavy atom. The van der Waals surface area contributed by atoms with Gasteiger partial charge in [-0.25, -0.2) is 4.39 Å². The Balaban J connectivity index is 2.66. The normalized spacial score (nSPS) is 12.8. The Bertz CT molecular complexity index is 441. The first-order valence-electron chi connectivity index (χ1n) is 6.22. The van der Waals surface area contributed by atoms with Crippen molar-refractivity contribution in [3.8, 4) is 0 Å². The predicted octanol–water partition coefficient (Wildman–Crippen LogP) is 2.90. The van der Waals surface area contributed by atoms with Gasteiger partial charge >= 0.3 is 0 Å². The minimum absolute atomic E-state index is 0.251. The van der Waals surface area contributed by atoms with Crippen LogP contribution < -0.4 is 5.32 Å². The highest BCUT2D eigenvalue weighted by Gasteiger charge is 2.17. The second-order valence-corrected chi connectivity index (χ2v) is 5.97. The van der Waals surface area contributed by atoms with Crippen LogP contribution in [0.5, 0.6) is 0 Å². The summed E-state index contributed by atoms with van der Waals surface area (Å²) in [6.45, 7) is 4.76. The molecule has 0 aliphatic rings. The number of hydrogen-bond donors (Lipinski definition) is 1. The molecule has 1 amide bonds. The van der Waals surface area contributed by atoms with Crippen molar-refractivity contribution in [1.29, 1.82) is 0 Å². The van der Waals surface area contributed by atoms with Gasteiger partial charge in [-0.3, -0.25) is 4.79 Å². The van der Waals surface area contributed by atoms with Crippen molar-refractivity contribution < 1.29 is 9.18 Å². The van der Waals surface area contributed by atoms with Crippen LogP contribution in [0.1, 0.15) is 24.2 Å². The summed E-state index contributed by atoms with van der Waals surface area (Å²) in [7, 11) is 3.96. The molecule has 0 saturated carbocycles. The molecule has 0 heterocycles. The fraction of sp³-hybridized carbons (Fsp3) is 0.500. The fourth-order valence-electron chi connectivity index (χ4n) is 1.95. The highest BCUT2D eigenvalue weighted by molar-refractivity contribution is 9.10. The molecule has 1 atom stereocenters. The van der Waals surface area contributed by atoms with Crippen LogP contribution in [0.3, 0.4) is 0 Å². The molecule has 5 heteroatoms. The Hall–Kier alpha value is -0.940. The molecule has 0 bridgehead atoms. The molecular formula is C14H20BrFN2O. The van der Waals surface area contributed by atoms with Crippen molar-refractivity contribution in [1.82, 2.24) is 10.2 Å². The van der Waals surface area contributed by atoms with E-state index in [2.05, 4.69) is 40.0 Å². The zero-order chi connectivity index (χ0) is 14.6. The van der Waals surface area contributed by atoms with Crippen LogP contribution in [-0.2, 0) is 0 Å². The lowest BCUT2D eigenvalue weighted by molar-refractivity contribution is 0.0934. The van der Waals surface area contributed by atoms with Gasteiger partial charge in [-0.05, 0) is 54.1 Å². The van der Waals surface area contributed by atoms with Crippen LogP contribution in [0.15, 0.2) is 22.7 Å². The number of hydrogen-bond acceptors (Lipinski definition) is 2. The maximum Gasteiger partial charge on any atom is 0.251 e. The largest absolute Gasteiger partial charge is 0.350 e. The van der Waals surface area contributed by atoms with Gasteiger partial charge in [0, 0.05) is 18.2 Å². The topological polar surface area (TPSA) is 32.3 Å². The lowest BCUT2D eigenvalue weighted by Gasteiger charge is -2.28. The van der Waals surface area contributed by atoms with Gasteiger partial charge in [-0.1, -0.05) is 13.8 Å². The molecule has 0 radical (unpaired) electrons. The highest BCUT2D eigenvalue weighted by atomic mass is 79.9. The minimum atomic E-state index is -0.430. The van der Waals surface area contributed by atoms with Crippen molar-refractivity contribution in [2.24, 2.45) is 5.92 Å². The number of carbonyl (C=O) groups is 1. The molecule has 1 rings (SSSR count). The van der Waals surface area contributed by atoms with E-state index < -0.39 is 5.82 Å². The molecule has 3 nitrogen and oxygen atoms in total. The lowest BCUT2D eigenvalue weighted by Crippen LogP contribution is -2.43. The first-order chi connectivity index (χ1) is 8.82. The van der Waals surface area contributed by atoms with Crippen LogP contribution in [-0.4, -0.2) is 37.5 Å². The summed E-state index contributed by atoms with van der Waals surface area (Å²) < 4.78 is 13.7. The maximum absolute atomic E-state index is 13.4.